The lowest BCUT2D eigenvalue weighted by Gasteiger charge is -2.08. The lowest BCUT2D eigenvalue weighted by molar-refractivity contribution is 0.575. The number of benzene rings is 1. The molecule has 0 heterocycles. The van der Waals surface area contributed by atoms with Crippen LogP contribution in [0.1, 0.15) is 75.0 Å². The van der Waals surface area contributed by atoms with Gasteiger partial charge in [0.25, 0.3) is 0 Å². The Morgan fingerprint density at radius 1 is 0.895 bits per heavy atom. The summed E-state index contributed by atoms with van der Waals surface area (Å²) in [7, 11) is 0. The van der Waals surface area contributed by atoms with E-state index in [1.165, 1.54) is 63.4 Å². The van der Waals surface area contributed by atoms with Gasteiger partial charge in [0, 0.05) is 0 Å². The maximum Gasteiger partial charge on any atom is -0.00854 e. The molecular weight excluding hydrogens is 228 g/mol. The lowest BCUT2D eigenvalue weighted by atomic mass is 9.97. The summed E-state index contributed by atoms with van der Waals surface area (Å²) >= 11 is 0. The van der Waals surface area contributed by atoms with Gasteiger partial charge in [0.05, 0.1) is 0 Å². The number of allylic oxidation sites excluding steroid dienone is 1. The summed E-state index contributed by atoms with van der Waals surface area (Å²) < 4.78 is 0. The second-order valence-electron chi connectivity index (χ2n) is 5.82. The van der Waals surface area contributed by atoms with Gasteiger partial charge < -0.3 is 0 Å². The predicted octanol–water partition coefficient (Wildman–Crippen LogP) is 5.94. The molecule has 0 saturated heterocycles. The molecule has 0 fully saturated rings. The van der Waals surface area contributed by atoms with Crippen molar-refractivity contribution in [2.45, 2.75) is 71.1 Å². The summed E-state index contributed by atoms with van der Waals surface area (Å²) in [4.78, 5) is 0. The topological polar surface area (TPSA) is 0 Å². The van der Waals surface area contributed by atoms with Crippen LogP contribution in [0.15, 0.2) is 24.3 Å². The highest BCUT2D eigenvalue weighted by atomic mass is 14.1. The van der Waals surface area contributed by atoms with Crippen molar-refractivity contribution in [3.63, 3.8) is 0 Å². The molecule has 0 unspecified atom stereocenters. The minimum atomic E-state index is 1.16. The van der Waals surface area contributed by atoms with Gasteiger partial charge in [0.2, 0.25) is 0 Å². The summed E-state index contributed by atoms with van der Waals surface area (Å²) in [6.07, 6.45) is 18.3. The van der Waals surface area contributed by atoms with Gasteiger partial charge in [-0.2, -0.15) is 0 Å². The number of hydrogen-bond acceptors (Lipinski definition) is 0. The summed E-state index contributed by atoms with van der Waals surface area (Å²) in [5.74, 6) is 0. The second kappa shape index (κ2) is 8.19. The van der Waals surface area contributed by atoms with Gasteiger partial charge in [-0.05, 0) is 36.0 Å². The zero-order chi connectivity index (χ0) is 13.3. The van der Waals surface area contributed by atoms with E-state index >= 15 is 0 Å². The first-order chi connectivity index (χ1) is 9.42. The van der Waals surface area contributed by atoms with Gasteiger partial charge >= 0.3 is 0 Å². The minimum absolute atomic E-state index is 1.16. The van der Waals surface area contributed by atoms with Crippen molar-refractivity contribution in [2.24, 2.45) is 0 Å². The molecule has 0 aliphatic heterocycles. The van der Waals surface area contributed by atoms with Crippen LogP contribution in [0.2, 0.25) is 0 Å². The van der Waals surface area contributed by atoms with Crippen molar-refractivity contribution < 1.29 is 0 Å². The SMILES string of the molecule is CCCCCCCCCCc1cccc2c1CC=C2. The van der Waals surface area contributed by atoms with E-state index in [-0.39, 0.29) is 0 Å². The van der Waals surface area contributed by atoms with Crippen LogP contribution in [0.25, 0.3) is 6.08 Å². The van der Waals surface area contributed by atoms with Crippen molar-refractivity contribution >= 4 is 6.08 Å². The van der Waals surface area contributed by atoms with E-state index in [2.05, 4.69) is 37.3 Å². The van der Waals surface area contributed by atoms with E-state index in [0.29, 0.717) is 0 Å². The molecule has 1 aliphatic carbocycles. The number of aryl methyl sites for hydroxylation is 1. The minimum Gasteiger partial charge on any atom is -0.0795 e. The normalized spacial score (nSPS) is 12.9. The Labute approximate surface area is 118 Å². The fourth-order valence-corrected chi connectivity index (χ4v) is 3.05. The van der Waals surface area contributed by atoms with E-state index in [1.807, 2.05) is 0 Å². The molecule has 0 bridgehead atoms. The zero-order valence-corrected chi connectivity index (χ0v) is 12.5. The third kappa shape index (κ3) is 4.53. The van der Waals surface area contributed by atoms with Crippen LogP contribution in [-0.4, -0.2) is 0 Å². The molecule has 0 N–H and O–H groups in total. The van der Waals surface area contributed by atoms with Crippen LogP contribution in [0.4, 0.5) is 0 Å². The first kappa shape index (κ1) is 14.4. The van der Waals surface area contributed by atoms with E-state index in [9.17, 15) is 0 Å². The molecule has 0 aromatic heterocycles. The number of unbranched alkanes of at least 4 members (excludes halogenated alkanes) is 7. The first-order valence-electron chi connectivity index (χ1n) is 8.19. The lowest BCUT2D eigenvalue weighted by Crippen LogP contribution is -1.94. The summed E-state index contributed by atoms with van der Waals surface area (Å²) in [5, 5.41) is 0. The van der Waals surface area contributed by atoms with E-state index in [1.54, 1.807) is 11.1 Å². The molecule has 0 saturated carbocycles. The molecule has 0 atom stereocenters. The summed E-state index contributed by atoms with van der Waals surface area (Å²) in [6.45, 7) is 2.28. The van der Waals surface area contributed by atoms with Crippen LogP contribution in [0, 0.1) is 0 Å². The average molecular weight is 256 g/mol. The molecule has 0 amide bonds. The molecule has 0 radical (unpaired) electrons. The van der Waals surface area contributed by atoms with Gasteiger partial charge in [-0.3, -0.25) is 0 Å². The highest BCUT2D eigenvalue weighted by Gasteiger charge is 2.08. The van der Waals surface area contributed by atoms with Gasteiger partial charge in [-0.25, -0.2) is 0 Å². The molecule has 1 aromatic rings. The van der Waals surface area contributed by atoms with Gasteiger partial charge in [-0.15, -0.1) is 0 Å². The predicted molar refractivity (Wildman–Crippen MR) is 85.5 cm³/mol. The summed E-state index contributed by atoms with van der Waals surface area (Å²) in [5.41, 5.74) is 4.64. The van der Waals surface area contributed by atoms with Crippen LogP contribution in [0.5, 0.6) is 0 Å². The van der Waals surface area contributed by atoms with Crippen LogP contribution in [-0.2, 0) is 12.8 Å². The van der Waals surface area contributed by atoms with E-state index < -0.39 is 0 Å². The third-order valence-electron chi connectivity index (χ3n) is 4.23. The number of rotatable bonds is 9. The van der Waals surface area contributed by atoms with E-state index in [0.717, 1.165) is 6.42 Å². The van der Waals surface area contributed by atoms with E-state index in [4.69, 9.17) is 0 Å². The molecule has 1 aromatic carbocycles. The molecule has 0 spiro atoms. The van der Waals surface area contributed by atoms with Crippen molar-refractivity contribution in [1.82, 2.24) is 0 Å². The Balaban J connectivity index is 1.60. The molecule has 2 rings (SSSR count). The number of hydrogen-bond donors (Lipinski definition) is 0. The zero-order valence-electron chi connectivity index (χ0n) is 12.5. The molecule has 1 aliphatic rings. The first-order valence-corrected chi connectivity index (χ1v) is 8.19. The van der Waals surface area contributed by atoms with Crippen molar-refractivity contribution in [2.75, 3.05) is 0 Å². The van der Waals surface area contributed by atoms with Crippen molar-refractivity contribution in [1.29, 1.82) is 0 Å². The molecule has 0 heteroatoms. The standard InChI is InChI=1S/C19H28/c1-2-3-4-5-6-7-8-9-12-17-13-10-14-18-15-11-16-19(17)18/h10-11,13-15H,2-9,12,16H2,1H3. The largest absolute Gasteiger partial charge is 0.0795 e. The highest BCUT2D eigenvalue weighted by Crippen LogP contribution is 2.24. The van der Waals surface area contributed by atoms with Crippen LogP contribution in [0.3, 0.4) is 0 Å². The quantitative estimate of drug-likeness (QED) is 0.480. The third-order valence-corrected chi connectivity index (χ3v) is 4.23. The van der Waals surface area contributed by atoms with Crippen molar-refractivity contribution in [3.8, 4) is 0 Å². The Hall–Kier alpha value is -1.04. The van der Waals surface area contributed by atoms with Crippen LogP contribution >= 0.6 is 0 Å². The highest BCUT2D eigenvalue weighted by molar-refractivity contribution is 5.61. The fraction of sp³-hybridized carbons (Fsp3) is 0.579. The molecule has 104 valence electrons. The second-order valence-corrected chi connectivity index (χ2v) is 5.82. The van der Waals surface area contributed by atoms with Gasteiger partial charge in [0.1, 0.15) is 0 Å². The number of fused-ring (bicyclic) bond motifs is 1. The summed E-state index contributed by atoms with van der Waals surface area (Å²) in [6, 6.07) is 6.79. The molecule has 19 heavy (non-hydrogen) atoms. The average Bonchev–Trinajstić information content (AvgIpc) is 2.91. The Morgan fingerprint density at radius 2 is 1.63 bits per heavy atom. The smallest absolute Gasteiger partial charge is 0.00854 e. The Morgan fingerprint density at radius 3 is 2.42 bits per heavy atom. The Bertz CT molecular complexity index is 400. The monoisotopic (exact) mass is 256 g/mol. The van der Waals surface area contributed by atoms with Crippen LogP contribution < -0.4 is 0 Å². The fourth-order valence-electron chi connectivity index (χ4n) is 3.05. The molecular formula is C19H28. The maximum absolute atomic E-state index is 2.33. The van der Waals surface area contributed by atoms with Gasteiger partial charge in [-0.1, -0.05) is 82.2 Å². The molecule has 0 nitrogen and oxygen atoms in total. The van der Waals surface area contributed by atoms with Crippen molar-refractivity contribution in [3.05, 3.63) is 41.0 Å². The van der Waals surface area contributed by atoms with Gasteiger partial charge in [0.15, 0.2) is 0 Å². The Kier molecular flexibility index (Phi) is 6.20. The maximum atomic E-state index is 2.33.